The highest BCUT2D eigenvalue weighted by Gasteiger charge is 2.10. The minimum Gasteiger partial charge on any atom is -0.456 e. The summed E-state index contributed by atoms with van der Waals surface area (Å²) in [5.41, 5.74) is 10.3. The Labute approximate surface area is 187 Å². The van der Waals surface area contributed by atoms with Crippen LogP contribution in [-0.4, -0.2) is 0 Å². The molecule has 0 bridgehead atoms. The van der Waals surface area contributed by atoms with Gasteiger partial charge < -0.3 is 4.42 Å². The summed E-state index contributed by atoms with van der Waals surface area (Å²) in [6, 6.07) is 40.8. The molecule has 0 amide bonds. The Hall–Kier alpha value is -4.10. The fourth-order valence-electron chi connectivity index (χ4n) is 4.37. The van der Waals surface area contributed by atoms with Crippen molar-refractivity contribution in [1.29, 1.82) is 0 Å². The normalized spacial score (nSPS) is 11.3. The highest BCUT2D eigenvalue weighted by atomic mass is 16.3. The van der Waals surface area contributed by atoms with Crippen LogP contribution in [0.4, 0.5) is 0 Å². The first kappa shape index (κ1) is 18.7. The molecule has 32 heavy (non-hydrogen) atoms. The van der Waals surface area contributed by atoms with E-state index in [1.165, 1.54) is 33.4 Å². The summed E-state index contributed by atoms with van der Waals surface area (Å²) in [5.74, 6) is 0. The van der Waals surface area contributed by atoms with Gasteiger partial charge in [0, 0.05) is 10.8 Å². The van der Waals surface area contributed by atoms with Crippen LogP contribution >= 0.6 is 0 Å². The van der Waals surface area contributed by atoms with Gasteiger partial charge in [-0.05, 0) is 64.6 Å². The molecular formula is C31H22O. The minimum atomic E-state index is 0.922. The summed E-state index contributed by atoms with van der Waals surface area (Å²) < 4.78 is 6.28. The van der Waals surface area contributed by atoms with Crippen LogP contribution in [0.3, 0.4) is 0 Å². The Morgan fingerprint density at radius 2 is 0.812 bits per heavy atom. The molecule has 1 aromatic heterocycles. The molecule has 0 saturated carbocycles. The second kappa shape index (κ2) is 7.55. The molecule has 1 nitrogen and oxygen atoms in total. The molecule has 152 valence electrons. The minimum absolute atomic E-state index is 0.922. The van der Waals surface area contributed by atoms with E-state index in [1.54, 1.807) is 0 Å². The average Bonchev–Trinajstić information content (AvgIpc) is 3.22. The van der Waals surface area contributed by atoms with Crippen LogP contribution in [0.2, 0.25) is 0 Å². The number of fused-ring (bicyclic) bond motifs is 3. The predicted molar refractivity (Wildman–Crippen MR) is 135 cm³/mol. The van der Waals surface area contributed by atoms with Crippen LogP contribution < -0.4 is 0 Å². The first-order valence-corrected chi connectivity index (χ1v) is 10.9. The highest BCUT2D eigenvalue weighted by molar-refractivity contribution is 6.06. The fraction of sp³-hybridized carbons (Fsp3) is 0.0323. The molecule has 0 radical (unpaired) electrons. The van der Waals surface area contributed by atoms with Crippen LogP contribution in [0.1, 0.15) is 5.56 Å². The lowest BCUT2D eigenvalue weighted by molar-refractivity contribution is 0.669. The zero-order valence-electron chi connectivity index (χ0n) is 17.9. The van der Waals surface area contributed by atoms with Crippen LogP contribution in [0, 0.1) is 6.92 Å². The van der Waals surface area contributed by atoms with Gasteiger partial charge in [0.25, 0.3) is 0 Å². The Bertz CT molecular complexity index is 1540. The van der Waals surface area contributed by atoms with E-state index in [1.807, 2.05) is 6.07 Å². The maximum atomic E-state index is 6.28. The summed E-state index contributed by atoms with van der Waals surface area (Å²) in [5, 5.41) is 2.31. The molecule has 0 fully saturated rings. The molecule has 6 rings (SSSR count). The van der Waals surface area contributed by atoms with Crippen molar-refractivity contribution in [2.45, 2.75) is 6.92 Å². The van der Waals surface area contributed by atoms with Gasteiger partial charge in [0.15, 0.2) is 0 Å². The lowest BCUT2D eigenvalue weighted by Gasteiger charge is -2.06. The van der Waals surface area contributed by atoms with Gasteiger partial charge >= 0.3 is 0 Å². The second-order valence-electron chi connectivity index (χ2n) is 8.33. The largest absolute Gasteiger partial charge is 0.456 e. The topological polar surface area (TPSA) is 13.1 Å². The van der Waals surface area contributed by atoms with E-state index in [9.17, 15) is 0 Å². The predicted octanol–water partition coefficient (Wildman–Crippen LogP) is 8.90. The summed E-state index contributed by atoms with van der Waals surface area (Å²) in [6.45, 7) is 2.11. The van der Waals surface area contributed by atoms with Crippen LogP contribution in [0.15, 0.2) is 120 Å². The molecular weight excluding hydrogens is 388 g/mol. The van der Waals surface area contributed by atoms with Crippen LogP contribution in [0.5, 0.6) is 0 Å². The van der Waals surface area contributed by atoms with Crippen molar-refractivity contribution >= 4 is 21.9 Å². The van der Waals surface area contributed by atoms with Crippen molar-refractivity contribution in [3.8, 4) is 33.4 Å². The third kappa shape index (κ3) is 3.29. The van der Waals surface area contributed by atoms with Crippen LogP contribution in [-0.2, 0) is 0 Å². The smallest absolute Gasteiger partial charge is 0.136 e. The maximum absolute atomic E-state index is 6.28. The van der Waals surface area contributed by atoms with Gasteiger partial charge in [-0.1, -0.05) is 96.6 Å². The van der Waals surface area contributed by atoms with Gasteiger partial charge in [0.2, 0.25) is 0 Å². The molecule has 0 aliphatic heterocycles. The molecule has 1 heterocycles. The summed E-state index contributed by atoms with van der Waals surface area (Å²) in [4.78, 5) is 0. The number of furan rings is 1. The van der Waals surface area contributed by atoms with Crippen LogP contribution in [0.25, 0.3) is 55.3 Å². The van der Waals surface area contributed by atoms with Gasteiger partial charge in [-0.2, -0.15) is 0 Å². The van der Waals surface area contributed by atoms with Crippen molar-refractivity contribution in [3.63, 3.8) is 0 Å². The van der Waals surface area contributed by atoms with E-state index in [-0.39, 0.29) is 0 Å². The molecule has 0 saturated heterocycles. The maximum Gasteiger partial charge on any atom is 0.136 e. The van der Waals surface area contributed by atoms with Crippen molar-refractivity contribution in [1.82, 2.24) is 0 Å². The standard InChI is InChI=1S/C31H22O/c1-21-7-9-23(10-8-21)24-11-13-25(14-12-24)27-16-18-29-28-17-15-26(22-5-3-2-4-6-22)19-30(28)32-31(29)20-27/h2-20H,1H3. The van der Waals surface area contributed by atoms with E-state index in [0.29, 0.717) is 0 Å². The van der Waals surface area contributed by atoms with Gasteiger partial charge in [-0.25, -0.2) is 0 Å². The third-order valence-electron chi connectivity index (χ3n) is 6.18. The number of benzene rings is 5. The van der Waals surface area contributed by atoms with Gasteiger partial charge in [-0.3, -0.25) is 0 Å². The van der Waals surface area contributed by atoms with Gasteiger partial charge in [0.05, 0.1) is 0 Å². The lowest BCUT2D eigenvalue weighted by Crippen LogP contribution is -1.81. The Kier molecular flexibility index (Phi) is 4.40. The Morgan fingerprint density at radius 3 is 1.34 bits per heavy atom. The van der Waals surface area contributed by atoms with Crippen molar-refractivity contribution in [3.05, 3.63) is 121 Å². The second-order valence-corrected chi connectivity index (χ2v) is 8.33. The fourth-order valence-corrected chi connectivity index (χ4v) is 4.37. The zero-order valence-corrected chi connectivity index (χ0v) is 17.9. The van der Waals surface area contributed by atoms with E-state index >= 15 is 0 Å². The molecule has 0 aliphatic carbocycles. The number of hydrogen-bond acceptors (Lipinski definition) is 1. The molecule has 0 N–H and O–H groups in total. The SMILES string of the molecule is Cc1ccc(-c2ccc(-c3ccc4c(c3)oc3cc(-c5ccccc5)ccc34)cc2)cc1. The first-order valence-electron chi connectivity index (χ1n) is 10.9. The Morgan fingerprint density at radius 1 is 0.406 bits per heavy atom. The summed E-state index contributed by atoms with van der Waals surface area (Å²) >= 11 is 0. The van der Waals surface area contributed by atoms with Crippen molar-refractivity contribution in [2.24, 2.45) is 0 Å². The Balaban J connectivity index is 1.37. The van der Waals surface area contributed by atoms with Crippen molar-refractivity contribution < 1.29 is 4.42 Å². The van der Waals surface area contributed by atoms with E-state index < -0.39 is 0 Å². The number of aryl methyl sites for hydroxylation is 1. The highest BCUT2D eigenvalue weighted by Crippen LogP contribution is 2.35. The molecule has 0 unspecified atom stereocenters. The van der Waals surface area contributed by atoms with Crippen molar-refractivity contribution in [2.75, 3.05) is 0 Å². The molecule has 6 aromatic rings. The van der Waals surface area contributed by atoms with E-state index in [4.69, 9.17) is 4.42 Å². The first-order chi connectivity index (χ1) is 15.7. The molecule has 0 atom stereocenters. The lowest BCUT2D eigenvalue weighted by atomic mass is 9.99. The quantitative estimate of drug-likeness (QED) is 0.284. The molecule has 0 spiro atoms. The molecule has 1 heteroatoms. The van der Waals surface area contributed by atoms with E-state index in [2.05, 4.69) is 116 Å². The van der Waals surface area contributed by atoms with E-state index in [0.717, 1.165) is 27.5 Å². The summed E-state index contributed by atoms with van der Waals surface area (Å²) in [6.07, 6.45) is 0. The molecule has 0 aliphatic rings. The van der Waals surface area contributed by atoms with Gasteiger partial charge in [-0.15, -0.1) is 0 Å². The zero-order chi connectivity index (χ0) is 21.5. The number of rotatable bonds is 3. The summed E-state index contributed by atoms with van der Waals surface area (Å²) in [7, 11) is 0. The monoisotopic (exact) mass is 410 g/mol. The average molecular weight is 411 g/mol. The number of hydrogen-bond donors (Lipinski definition) is 0. The third-order valence-corrected chi connectivity index (χ3v) is 6.18. The molecule has 5 aromatic carbocycles. The van der Waals surface area contributed by atoms with Gasteiger partial charge in [0.1, 0.15) is 11.2 Å².